The van der Waals surface area contributed by atoms with E-state index in [1.807, 2.05) is 0 Å². The summed E-state index contributed by atoms with van der Waals surface area (Å²) in [5.74, 6) is 1.88. The third-order valence-corrected chi connectivity index (χ3v) is 11.3. The molecule has 0 fully saturated rings. The number of aryl methyl sites for hydroxylation is 1. The highest BCUT2D eigenvalue weighted by Gasteiger charge is 2.43. The topological polar surface area (TPSA) is 12.5 Å². The van der Waals surface area contributed by atoms with E-state index in [0.29, 0.717) is 0 Å². The van der Waals surface area contributed by atoms with Gasteiger partial charge in [-0.2, -0.15) is 0 Å². The predicted octanol–water partition coefficient (Wildman–Crippen LogP) is 12.1. The normalized spacial score (nSPS) is 12.4. The molecule has 0 N–H and O–H groups in total. The Morgan fingerprint density at radius 2 is 1.00 bits per heavy atom. The van der Waals surface area contributed by atoms with Crippen LogP contribution in [-0.4, -0.2) is 6.71 Å². The van der Waals surface area contributed by atoms with Crippen molar-refractivity contribution in [1.82, 2.24) is 0 Å². The molecule has 2 aliphatic rings. The minimum Gasteiger partial charge on any atom is -0.458 e. The van der Waals surface area contributed by atoms with Crippen molar-refractivity contribution in [2.24, 2.45) is 0 Å². The molecule has 0 saturated heterocycles. The zero-order valence-electron chi connectivity index (χ0n) is 31.0. The molecule has 0 bridgehead atoms. The number of para-hydroxylation sites is 1. The minimum absolute atomic E-state index is 0.0309. The Bertz CT molecular complexity index is 2600. The summed E-state index contributed by atoms with van der Waals surface area (Å²) >= 11 is 0. The van der Waals surface area contributed by atoms with E-state index in [4.69, 9.17) is 4.74 Å². The molecule has 2 aliphatic heterocycles. The minimum atomic E-state index is -0.0309. The second-order valence-electron chi connectivity index (χ2n) is 14.7. The number of benzene rings is 8. The van der Waals surface area contributed by atoms with E-state index < -0.39 is 0 Å². The van der Waals surface area contributed by atoms with E-state index >= 15 is 0 Å². The van der Waals surface area contributed by atoms with E-state index in [1.54, 1.807) is 0 Å². The fourth-order valence-corrected chi connectivity index (χ4v) is 8.68. The fraction of sp³-hybridized carbons (Fsp3) is 0.0769. The van der Waals surface area contributed by atoms with Crippen LogP contribution in [0.1, 0.15) is 25.3 Å². The number of ether oxygens (including phenoxy) is 1. The van der Waals surface area contributed by atoms with Crippen LogP contribution < -0.4 is 26.0 Å². The molecule has 55 heavy (non-hydrogen) atoms. The van der Waals surface area contributed by atoms with Crippen molar-refractivity contribution in [2.45, 2.75) is 26.2 Å². The molecule has 0 unspecified atom stereocenters. The van der Waals surface area contributed by atoms with Crippen molar-refractivity contribution in [2.75, 3.05) is 4.90 Å². The van der Waals surface area contributed by atoms with Crippen LogP contribution in [0.4, 0.5) is 17.1 Å². The van der Waals surface area contributed by atoms with Crippen molar-refractivity contribution in [3.63, 3.8) is 0 Å². The molecule has 2 nitrogen and oxygen atoms in total. The zero-order chi connectivity index (χ0) is 36.7. The van der Waals surface area contributed by atoms with Crippen LogP contribution in [-0.2, 0) is 6.42 Å². The van der Waals surface area contributed by atoms with Crippen molar-refractivity contribution in [3.8, 4) is 56.0 Å². The van der Waals surface area contributed by atoms with E-state index in [1.165, 1.54) is 83.5 Å². The van der Waals surface area contributed by atoms with E-state index in [2.05, 4.69) is 200 Å². The molecule has 0 spiro atoms. The Hall–Kier alpha value is -6.58. The molecular formula is C52H40BNO. The Balaban J connectivity index is 1.30. The first-order valence-electron chi connectivity index (χ1n) is 19.5. The summed E-state index contributed by atoms with van der Waals surface area (Å²) < 4.78 is 7.05. The molecule has 0 saturated carbocycles. The van der Waals surface area contributed by atoms with Crippen LogP contribution >= 0.6 is 0 Å². The maximum Gasteiger partial charge on any atom is 0.256 e. The van der Waals surface area contributed by atoms with Gasteiger partial charge in [-0.1, -0.05) is 177 Å². The number of fused-ring (bicyclic) bond motifs is 4. The number of hydrogen-bond acceptors (Lipinski definition) is 2. The van der Waals surface area contributed by atoms with Gasteiger partial charge >= 0.3 is 0 Å². The Kier molecular flexibility index (Phi) is 8.41. The van der Waals surface area contributed by atoms with Crippen molar-refractivity contribution in [3.05, 3.63) is 194 Å². The van der Waals surface area contributed by atoms with Gasteiger partial charge in [0.1, 0.15) is 11.5 Å². The van der Waals surface area contributed by atoms with Crippen LogP contribution in [0.2, 0.25) is 0 Å². The number of unbranched alkanes of at least 4 members (excludes halogenated alkanes) is 1. The van der Waals surface area contributed by atoms with Crippen molar-refractivity contribution < 1.29 is 4.74 Å². The van der Waals surface area contributed by atoms with Gasteiger partial charge < -0.3 is 9.64 Å². The average Bonchev–Trinajstić information content (AvgIpc) is 3.26. The number of anilines is 3. The molecule has 0 aliphatic carbocycles. The summed E-state index contributed by atoms with van der Waals surface area (Å²) in [6.07, 6.45) is 3.24. The van der Waals surface area contributed by atoms with Gasteiger partial charge in [0.2, 0.25) is 0 Å². The molecule has 2 heterocycles. The Morgan fingerprint density at radius 3 is 1.58 bits per heavy atom. The SMILES string of the molecule is CCCCc1cc2c3c(c1)N(c1c(-c4ccccc4)cccc1-c1ccccc1)c1ccc(-c4ccccc4)cc1B3c1cc(-c3ccccc3)ccc1O2. The quantitative estimate of drug-likeness (QED) is 0.146. The fourth-order valence-electron chi connectivity index (χ4n) is 8.68. The summed E-state index contributed by atoms with van der Waals surface area (Å²) in [4.78, 5) is 2.56. The van der Waals surface area contributed by atoms with Crippen molar-refractivity contribution in [1.29, 1.82) is 0 Å². The predicted molar refractivity (Wildman–Crippen MR) is 233 cm³/mol. The van der Waals surface area contributed by atoms with Crippen LogP contribution in [0.5, 0.6) is 11.5 Å². The molecule has 3 heteroatoms. The molecule has 8 aromatic carbocycles. The van der Waals surface area contributed by atoms with Gasteiger partial charge in [-0.3, -0.25) is 0 Å². The molecule has 0 aromatic heterocycles. The Morgan fingerprint density at radius 1 is 0.455 bits per heavy atom. The standard InChI is InChI=1S/C52H40BNO/c1-2-3-17-36-32-48-51-50(33-36)55-49-31-29-42(38-20-10-5-11-21-38)35-46(49)53(51)45-34-41(37-18-8-4-9-19-37)28-30-47(45)54(48)52-43(39-22-12-6-13-23-39)26-16-27-44(52)40-24-14-7-15-25-40/h4-16,18-35H,2-3,17H2,1H3. The largest absolute Gasteiger partial charge is 0.458 e. The second kappa shape index (κ2) is 14.0. The van der Waals surface area contributed by atoms with E-state index in [9.17, 15) is 0 Å². The van der Waals surface area contributed by atoms with Crippen LogP contribution in [0, 0.1) is 0 Å². The second-order valence-corrected chi connectivity index (χ2v) is 14.7. The van der Waals surface area contributed by atoms with Crippen LogP contribution in [0.25, 0.3) is 44.5 Å². The first-order valence-corrected chi connectivity index (χ1v) is 19.5. The third-order valence-electron chi connectivity index (χ3n) is 11.3. The molecule has 8 aromatic rings. The monoisotopic (exact) mass is 705 g/mol. The van der Waals surface area contributed by atoms with Gasteiger partial charge in [-0.25, -0.2) is 0 Å². The van der Waals surface area contributed by atoms with Crippen LogP contribution in [0.15, 0.2) is 188 Å². The maximum atomic E-state index is 7.05. The lowest BCUT2D eigenvalue weighted by molar-refractivity contribution is 0.486. The summed E-state index contributed by atoms with van der Waals surface area (Å²) in [6, 6.07) is 68.6. The van der Waals surface area contributed by atoms with Crippen LogP contribution in [0.3, 0.4) is 0 Å². The molecule has 262 valence electrons. The average molecular weight is 706 g/mol. The summed E-state index contributed by atoms with van der Waals surface area (Å²) in [5.41, 5.74) is 18.1. The van der Waals surface area contributed by atoms with Gasteiger partial charge in [0.25, 0.3) is 6.71 Å². The molecular weight excluding hydrogens is 665 g/mol. The maximum absolute atomic E-state index is 7.05. The van der Waals surface area contributed by atoms with Crippen molar-refractivity contribution >= 4 is 40.2 Å². The smallest absolute Gasteiger partial charge is 0.256 e. The highest BCUT2D eigenvalue weighted by molar-refractivity contribution is 6.99. The van der Waals surface area contributed by atoms with E-state index in [0.717, 1.165) is 30.8 Å². The third kappa shape index (κ3) is 5.84. The lowest BCUT2D eigenvalue weighted by Gasteiger charge is -2.42. The number of rotatable bonds is 8. The van der Waals surface area contributed by atoms with E-state index in [-0.39, 0.29) is 6.71 Å². The van der Waals surface area contributed by atoms with Gasteiger partial charge in [0.15, 0.2) is 0 Å². The summed E-state index contributed by atoms with van der Waals surface area (Å²) in [6.45, 7) is 2.24. The highest BCUT2D eigenvalue weighted by Crippen LogP contribution is 2.49. The number of hydrogen-bond donors (Lipinski definition) is 0. The zero-order valence-corrected chi connectivity index (χ0v) is 31.0. The van der Waals surface area contributed by atoms with Gasteiger partial charge in [0, 0.05) is 22.5 Å². The summed E-state index contributed by atoms with van der Waals surface area (Å²) in [7, 11) is 0. The first-order chi connectivity index (χ1) is 27.2. The molecule has 0 amide bonds. The summed E-state index contributed by atoms with van der Waals surface area (Å²) in [5, 5.41) is 0. The molecule has 0 atom stereocenters. The van der Waals surface area contributed by atoms with Gasteiger partial charge in [0.05, 0.1) is 5.69 Å². The number of nitrogens with zero attached hydrogens (tertiary/aromatic N) is 1. The lowest BCUT2D eigenvalue weighted by atomic mass is 9.34. The van der Waals surface area contributed by atoms with Gasteiger partial charge in [-0.15, -0.1) is 0 Å². The first kappa shape index (κ1) is 33.0. The highest BCUT2D eigenvalue weighted by atomic mass is 16.5. The molecule has 0 radical (unpaired) electrons. The molecule has 10 rings (SSSR count). The Labute approximate surface area is 324 Å². The van der Waals surface area contributed by atoms with Gasteiger partial charge in [-0.05, 0) is 92.4 Å². The lowest BCUT2D eigenvalue weighted by Crippen LogP contribution is -2.59.